The Kier molecular flexibility index (Phi) is 8.96. The van der Waals surface area contributed by atoms with E-state index in [2.05, 4.69) is 10.6 Å². The number of amides is 2. The van der Waals surface area contributed by atoms with Gasteiger partial charge in [0.25, 0.3) is 0 Å². The van der Waals surface area contributed by atoms with Crippen molar-refractivity contribution in [2.24, 2.45) is 5.92 Å². The van der Waals surface area contributed by atoms with Crippen molar-refractivity contribution >= 4 is 18.0 Å². The minimum atomic E-state index is -0.830. The third-order valence-electron chi connectivity index (χ3n) is 3.65. The number of rotatable bonds is 8. The molecule has 0 aliphatic heterocycles. The van der Waals surface area contributed by atoms with Crippen LogP contribution in [0.4, 0.5) is 4.79 Å². The van der Waals surface area contributed by atoms with E-state index < -0.39 is 35.7 Å². The lowest BCUT2D eigenvalue weighted by Crippen LogP contribution is -2.52. The molecule has 0 aliphatic rings. The average molecular weight is 392 g/mol. The van der Waals surface area contributed by atoms with E-state index in [1.807, 2.05) is 44.2 Å². The molecule has 2 N–H and O–H groups in total. The third-order valence-corrected chi connectivity index (χ3v) is 3.65. The maximum Gasteiger partial charge on any atom is 0.408 e. The number of carbonyl (C=O) groups excluding carboxylic acids is 3. The Morgan fingerprint density at radius 2 is 1.61 bits per heavy atom. The molecule has 1 aromatic rings. The number of esters is 1. The average Bonchev–Trinajstić information content (AvgIpc) is 2.58. The van der Waals surface area contributed by atoms with Gasteiger partial charge < -0.3 is 20.1 Å². The highest BCUT2D eigenvalue weighted by Crippen LogP contribution is 2.10. The van der Waals surface area contributed by atoms with Crippen LogP contribution in [0.5, 0.6) is 0 Å². The first-order valence-electron chi connectivity index (χ1n) is 9.48. The van der Waals surface area contributed by atoms with Gasteiger partial charge in [-0.3, -0.25) is 4.79 Å². The van der Waals surface area contributed by atoms with E-state index in [1.165, 1.54) is 0 Å². The second kappa shape index (κ2) is 10.7. The topological polar surface area (TPSA) is 93.7 Å². The van der Waals surface area contributed by atoms with Gasteiger partial charge in [0.15, 0.2) is 0 Å². The van der Waals surface area contributed by atoms with Gasteiger partial charge in [0.2, 0.25) is 5.91 Å². The first-order chi connectivity index (χ1) is 13.0. The van der Waals surface area contributed by atoms with Gasteiger partial charge in [0.05, 0.1) is 0 Å². The number of alkyl carbamates (subject to hydrolysis) is 1. The molecule has 0 unspecified atom stereocenters. The van der Waals surface area contributed by atoms with Gasteiger partial charge in [0, 0.05) is 0 Å². The van der Waals surface area contributed by atoms with Gasteiger partial charge in [0.1, 0.15) is 24.3 Å². The van der Waals surface area contributed by atoms with Crippen molar-refractivity contribution in [1.29, 1.82) is 0 Å². The van der Waals surface area contributed by atoms with Crippen molar-refractivity contribution in [3.63, 3.8) is 0 Å². The zero-order valence-corrected chi connectivity index (χ0v) is 17.6. The van der Waals surface area contributed by atoms with Crippen LogP contribution in [0.15, 0.2) is 30.3 Å². The number of ether oxygens (including phenoxy) is 2. The Hall–Kier alpha value is -2.57. The molecule has 0 radical (unpaired) electrons. The molecule has 0 aliphatic carbocycles. The zero-order valence-electron chi connectivity index (χ0n) is 17.6. The molecule has 0 heterocycles. The Morgan fingerprint density at radius 1 is 1.00 bits per heavy atom. The Bertz CT molecular complexity index is 653. The third kappa shape index (κ3) is 9.39. The molecular weight excluding hydrogens is 360 g/mol. The number of hydrogen-bond acceptors (Lipinski definition) is 5. The largest absolute Gasteiger partial charge is 0.458 e. The van der Waals surface area contributed by atoms with E-state index in [4.69, 9.17) is 9.47 Å². The molecule has 2 atom stereocenters. The molecule has 0 saturated carbocycles. The summed E-state index contributed by atoms with van der Waals surface area (Å²) in [5, 5.41) is 5.19. The van der Waals surface area contributed by atoms with Crippen LogP contribution >= 0.6 is 0 Å². The van der Waals surface area contributed by atoms with Crippen LogP contribution in [0, 0.1) is 5.92 Å². The van der Waals surface area contributed by atoms with Crippen LogP contribution in [-0.4, -0.2) is 35.7 Å². The highest BCUT2D eigenvalue weighted by molar-refractivity contribution is 5.89. The van der Waals surface area contributed by atoms with Crippen LogP contribution in [-0.2, 0) is 25.7 Å². The fraction of sp³-hybridized carbons (Fsp3) is 0.571. The summed E-state index contributed by atoms with van der Waals surface area (Å²) in [5.74, 6) is -0.832. The summed E-state index contributed by atoms with van der Waals surface area (Å²) >= 11 is 0. The fourth-order valence-corrected chi connectivity index (χ4v) is 2.37. The molecule has 0 spiro atoms. The highest BCUT2D eigenvalue weighted by Gasteiger charge is 2.28. The Morgan fingerprint density at radius 3 is 2.14 bits per heavy atom. The van der Waals surface area contributed by atoms with Gasteiger partial charge in [-0.25, -0.2) is 9.59 Å². The molecule has 7 heteroatoms. The maximum absolute atomic E-state index is 12.6. The number of carbonyl (C=O) groups is 3. The molecule has 0 fully saturated rings. The molecule has 1 rings (SSSR count). The van der Waals surface area contributed by atoms with E-state index in [-0.39, 0.29) is 12.5 Å². The molecule has 2 amide bonds. The first-order valence-corrected chi connectivity index (χ1v) is 9.48. The summed E-state index contributed by atoms with van der Waals surface area (Å²) in [7, 11) is 0. The monoisotopic (exact) mass is 392 g/mol. The Balaban J connectivity index is 2.63. The molecule has 28 heavy (non-hydrogen) atoms. The van der Waals surface area contributed by atoms with E-state index in [0.29, 0.717) is 6.42 Å². The summed E-state index contributed by atoms with van der Waals surface area (Å²) in [4.78, 5) is 36.8. The molecule has 1 aromatic carbocycles. The molecule has 0 bridgehead atoms. The minimum absolute atomic E-state index is 0.108. The van der Waals surface area contributed by atoms with Gasteiger partial charge in [-0.15, -0.1) is 0 Å². The van der Waals surface area contributed by atoms with Crippen LogP contribution < -0.4 is 10.6 Å². The summed E-state index contributed by atoms with van der Waals surface area (Å²) in [5.41, 5.74) is 0.202. The lowest BCUT2D eigenvalue weighted by molar-refractivity contribution is -0.158. The number of hydrogen-bond donors (Lipinski definition) is 2. The highest BCUT2D eigenvalue weighted by atomic mass is 16.6. The second-order valence-electron chi connectivity index (χ2n) is 8.15. The lowest BCUT2D eigenvalue weighted by atomic mass is 10.0. The van der Waals surface area contributed by atoms with Crippen molar-refractivity contribution in [3.05, 3.63) is 35.9 Å². The van der Waals surface area contributed by atoms with Crippen LogP contribution in [0.1, 0.15) is 53.5 Å². The van der Waals surface area contributed by atoms with Crippen molar-refractivity contribution in [1.82, 2.24) is 10.6 Å². The Labute approximate surface area is 167 Å². The quantitative estimate of drug-likeness (QED) is 0.663. The summed E-state index contributed by atoms with van der Waals surface area (Å²) in [6, 6.07) is 7.62. The van der Waals surface area contributed by atoms with Crippen molar-refractivity contribution in [3.8, 4) is 0 Å². The van der Waals surface area contributed by atoms with Crippen molar-refractivity contribution < 1.29 is 23.9 Å². The summed E-state index contributed by atoms with van der Waals surface area (Å²) in [6.07, 6.45) is -0.276. The first kappa shape index (κ1) is 23.5. The summed E-state index contributed by atoms with van der Waals surface area (Å²) < 4.78 is 10.5. The van der Waals surface area contributed by atoms with E-state index >= 15 is 0 Å². The normalized spacial score (nSPS) is 13.4. The molecule has 156 valence electrons. The minimum Gasteiger partial charge on any atom is -0.458 e. The van der Waals surface area contributed by atoms with Crippen LogP contribution in [0.2, 0.25) is 0 Å². The molecule has 0 aromatic heterocycles. The number of nitrogens with one attached hydrogen (secondary N) is 2. The second-order valence-corrected chi connectivity index (χ2v) is 8.15. The van der Waals surface area contributed by atoms with E-state index in [9.17, 15) is 14.4 Å². The lowest BCUT2D eigenvalue weighted by Gasteiger charge is -2.25. The maximum atomic E-state index is 12.6. The standard InChI is InChI=1S/C21H32N2O5/c1-14(2)12-17(18(24)22-15(3)19(25)28-21(4,5)6)23-20(26)27-13-16-10-8-7-9-11-16/h7-11,14-15,17H,12-13H2,1-6H3,(H,22,24)(H,23,26)/t15-,17+/m1/s1. The molecule has 7 nitrogen and oxygen atoms in total. The molecular formula is C21H32N2O5. The van der Waals surface area contributed by atoms with E-state index in [1.54, 1.807) is 27.7 Å². The van der Waals surface area contributed by atoms with Gasteiger partial charge >= 0.3 is 12.1 Å². The summed E-state index contributed by atoms with van der Waals surface area (Å²) in [6.45, 7) is 10.8. The molecule has 0 saturated heterocycles. The van der Waals surface area contributed by atoms with Crippen LogP contribution in [0.3, 0.4) is 0 Å². The predicted octanol–water partition coefficient (Wildman–Crippen LogP) is 3.17. The smallest absolute Gasteiger partial charge is 0.408 e. The van der Waals surface area contributed by atoms with Gasteiger partial charge in [-0.2, -0.15) is 0 Å². The van der Waals surface area contributed by atoms with Gasteiger partial charge in [-0.05, 0) is 45.6 Å². The van der Waals surface area contributed by atoms with Crippen LogP contribution in [0.25, 0.3) is 0 Å². The number of benzene rings is 1. The van der Waals surface area contributed by atoms with Crippen molar-refractivity contribution in [2.45, 2.75) is 72.3 Å². The zero-order chi connectivity index (χ0) is 21.3. The van der Waals surface area contributed by atoms with Crippen molar-refractivity contribution in [2.75, 3.05) is 0 Å². The fourth-order valence-electron chi connectivity index (χ4n) is 2.37. The van der Waals surface area contributed by atoms with Gasteiger partial charge in [-0.1, -0.05) is 44.2 Å². The SMILES string of the molecule is CC(C)C[C@H](NC(=O)OCc1ccccc1)C(=O)N[C@H](C)C(=O)OC(C)(C)C. The van der Waals surface area contributed by atoms with E-state index in [0.717, 1.165) is 5.56 Å². The predicted molar refractivity (Wildman–Crippen MR) is 106 cm³/mol.